The van der Waals surface area contributed by atoms with Gasteiger partial charge in [-0.25, -0.2) is 4.39 Å². The van der Waals surface area contributed by atoms with Crippen LogP contribution in [0.4, 0.5) is 17.6 Å². The van der Waals surface area contributed by atoms with Gasteiger partial charge in [-0.1, -0.05) is 12.1 Å². The highest BCUT2D eigenvalue weighted by Crippen LogP contribution is 2.29. The third kappa shape index (κ3) is 3.57. The number of halogens is 4. The van der Waals surface area contributed by atoms with Crippen LogP contribution in [0.5, 0.6) is 5.75 Å². The lowest BCUT2D eigenvalue weighted by Crippen LogP contribution is -2.17. The van der Waals surface area contributed by atoms with Gasteiger partial charge in [0.05, 0.1) is 0 Å². The van der Waals surface area contributed by atoms with Gasteiger partial charge in [0.25, 0.3) is 0 Å². The van der Waals surface area contributed by atoms with Crippen LogP contribution in [0.15, 0.2) is 42.5 Å². The second kappa shape index (κ2) is 5.32. The first kappa shape index (κ1) is 14.0. The molecule has 0 unspecified atom stereocenters. The fourth-order valence-electron chi connectivity index (χ4n) is 1.72. The maximum Gasteiger partial charge on any atom is 0.573 e. The molecule has 0 saturated heterocycles. The summed E-state index contributed by atoms with van der Waals surface area (Å²) in [5.74, 6) is -1.06. The average molecular weight is 284 g/mol. The highest BCUT2D eigenvalue weighted by Gasteiger charge is 2.31. The van der Waals surface area contributed by atoms with Gasteiger partial charge in [-0.15, -0.1) is 13.2 Å². The van der Waals surface area contributed by atoms with Gasteiger partial charge in [-0.05, 0) is 41.5 Å². The number of ether oxygens (including phenoxy) is 1. The van der Waals surface area contributed by atoms with Crippen LogP contribution in [0.25, 0.3) is 11.1 Å². The number of rotatable bonds is 3. The molecule has 0 N–H and O–H groups in total. The Morgan fingerprint density at radius 3 is 2.35 bits per heavy atom. The van der Waals surface area contributed by atoms with E-state index in [1.165, 1.54) is 24.3 Å². The molecule has 0 spiro atoms. The number of carbonyl (C=O) groups excluding carboxylic acids is 1. The summed E-state index contributed by atoms with van der Waals surface area (Å²) in [5.41, 5.74) is 0.611. The Morgan fingerprint density at radius 2 is 1.75 bits per heavy atom. The minimum absolute atomic E-state index is 0.00557. The van der Waals surface area contributed by atoms with Crippen molar-refractivity contribution in [3.8, 4) is 16.9 Å². The Bertz CT molecular complexity index is 635. The molecule has 2 aromatic rings. The van der Waals surface area contributed by atoms with Crippen molar-refractivity contribution in [3.05, 3.63) is 53.8 Å². The number of hydrogen-bond acceptors (Lipinski definition) is 2. The monoisotopic (exact) mass is 284 g/mol. The van der Waals surface area contributed by atoms with E-state index >= 15 is 0 Å². The number of hydrogen-bond donors (Lipinski definition) is 0. The molecule has 104 valence electrons. The van der Waals surface area contributed by atoms with Gasteiger partial charge in [0.1, 0.15) is 17.9 Å². The van der Waals surface area contributed by atoms with Crippen LogP contribution in [0.2, 0.25) is 0 Å². The van der Waals surface area contributed by atoms with Gasteiger partial charge < -0.3 is 4.74 Å². The van der Waals surface area contributed by atoms with Gasteiger partial charge in [0.15, 0.2) is 0 Å². The minimum Gasteiger partial charge on any atom is -0.406 e. The lowest BCUT2D eigenvalue weighted by molar-refractivity contribution is -0.274. The first-order chi connectivity index (χ1) is 9.37. The molecule has 0 amide bonds. The van der Waals surface area contributed by atoms with Crippen molar-refractivity contribution in [3.63, 3.8) is 0 Å². The van der Waals surface area contributed by atoms with E-state index < -0.39 is 17.9 Å². The maximum absolute atomic E-state index is 13.1. The third-order valence-electron chi connectivity index (χ3n) is 2.46. The highest BCUT2D eigenvalue weighted by molar-refractivity contribution is 5.80. The molecule has 0 saturated carbocycles. The zero-order valence-corrected chi connectivity index (χ0v) is 9.95. The molecule has 2 nitrogen and oxygen atoms in total. The maximum atomic E-state index is 13.1. The average Bonchev–Trinajstić information content (AvgIpc) is 2.36. The SMILES string of the molecule is O=Cc1cc(OC(F)(F)F)cc(-c2cccc(F)c2)c1. The van der Waals surface area contributed by atoms with Crippen molar-refractivity contribution in [2.45, 2.75) is 6.36 Å². The molecule has 2 aromatic carbocycles. The van der Waals surface area contributed by atoms with E-state index in [1.807, 2.05) is 0 Å². The molecule has 20 heavy (non-hydrogen) atoms. The van der Waals surface area contributed by atoms with Crippen LogP contribution in [0.3, 0.4) is 0 Å². The van der Waals surface area contributed by atoms with E-state index in [-0.39, 0.29) is 11.1 Å². The van der Waals surface area contributed by atoms with Gasteiger partial charge in [-0.2, -0.15) is 0 Å². The Kier molecular flexibility index (Phi) is 3.74. The van der Waals surface area contributed by atoms with Crippen LogP contribution >= 0.6 is 0 Å². The van der Waals surface area contributed by atoms with Gasteiger partial charge >= 0.3 is 6.36 Å². The fraction of sp³-hybridized carbons (Fsp3) is 0.0714. The van der Waals surface area contributed by atoms with Gasteiger partial charge in [0.2, 0.25) is 0 Å². The summed E-state index contributed by atoms with van der Waals surface area (Å²) in [4.78, 5) is 10.8. The van der Waals surface area contributed by atoms with E-state index in [2.05, 4.69) is 4.74 Å². The number of aldehydes is 1. The lowest BCUT2D eigenvalue weighted by Gasteiger charge is -2.11. The standard InChI is InChI=1S/C14H8F4O2/c15-12-3-1-2-10(6-12)11-4-9(8-19)5-13(7-11)20-14(16,17)18/h1-8H. The quantitative estimate of drug-likeness (QED) is 0.623. The van der Waals surface area contributed by atoms with Crippen LogP contribution < -0.4 is 4.74 Å². The predicted octanol–water partition coefficient (Wildman–Crippen LogP) is 4.20. The number of benzene rings is 2. The Labute approximate surface area is 111 Å². The Balaban J connectivity index is 2.48. The van der Waals surface area contributed by atoms with Crippen molar-refractivity contribution in [1.29, 1.82) is 0 Å². The van der Waals surface area contributed by atoms with E-state index in [4.69, 9.17) is 0 Å². The number of alkyl halides is 3. The molecule has 6 heteroatoms. The molecule has 0 aliphatic heterocycles. The van der Waals surface area contributed by atoms with Crippen LogP contribution in [0.1, 0.15) is 10.4 Å². The molecule has 0 radical (unpaired) electrons. The minimum atomic E-state index is -4.86. The van der Waals surface area contributed by atoms with E-state index in [0.717, 1.165) is 18.2 Å². The van der Waals surface area contributed by atoms with Crippen molar-refractivity contribution in [1.82, 2.24) is 0 Å². The summed E-state index contributed by atoms with van der Waals surface area (Å²) in [6.45, 7) is 0. The topological polar surface area (TPSA) is 26.3 Å². The van der Waals surface area contributed by atoms with Crippen molar-refractivity contribution < 1.29 is 27.1 Å². The molecule has 0 fully saturated rings. The normalized spacial score (nSPS) is 11.2. The van der Waals surface area contributed by atoms with Crippen molar-refractivity contribution >= 4 is 6.29 Å². The fourth-order valence-corrected chi connectivity index (χ4v) is 1.72. The molecule has 0 heterocycles. The summed E-state index contributed by atoms with van der Waals surface area (Å²) < 4.78 is 53.5. The molecule has 0 aromatic heterocycles. The predicted molar refractivity (Wildman–Crippen MR) is 63.9 cm³/mol. The third-order valence-corrected chi connectivity index (χ3v) is 2.46. The second-order valence-electron chi connectivity index (χ2n) is 3.97. The molecular weight excluding hydrogens is 276 g/mol. The number of carbonyl (C=O) groups is 1. The largest absolute Gasteiger partial charge is 0.573 e. The summed E-state index contributed by atoms with van der Waals surface area (Å²) in [7, 11) is 0. The molecule has 0 atom stereocenters. The molecular formula is C14H8F4O2. The summed E-state index contributed by atoms with van der Waals surface area (Å²) >= 11 is 0. The van der Waals surface area contributed by atoms with Crippen LogP contribution in [-0.2, 0) is 0 Å². The summed E-state index contributed by atoms with van der Waals surface area (Å²) in [5, 5.41) is 0. The van der Waals surface area contributed by atoms with Crippen LogP contribution in [0, 0.1) is 5.82 Å². The van der Waals surface area contributed by atoms with Crippen molar-refractivity contribution in [2.24, 2.45) is 0 Å². The zero-order valence-electron chi connectivity index (χ0n) is 9.95. The van der Waals surface area contributed by atoms with E-state index in [0.29, 0.717) is 11.8 Å². The summed E-state index contributed by atoms with van der Waals surface area (Å²) in [6.07, 6.45) is -4.47. The molecule has 0 aliphatic rings. The Hall–Kier alpha value is -2.37. The molecule has 0 bridgehead atoms. The molecule has 0 aliphatic carbocycles. The van der Waals surface area contributed by atoms with Gasteiger partial charge in [0, 0.05) is 5.56 Å². The van der Waals surface area contributed by atoms with E-state index in [9.17, 15) is 22.4 Å². The van der Waals surface area contributed by atoms with Crippen molar-refractivity contribution in [2.75, 3.05) is 0 Å². The smallest absolute Gasteiger partial charge is 0.406 e. The molecule has 2 rings (SSSR count). The zero-order chi connectivity index (χ0) is 14.8. The van der Waals surface area contributed by atoms with Gasteiger partial charge in [-0.3, -0.25) is 4.79 Å². The van der Waals surface area contributed by atoms with E-state index in [1.54, 1.807) is 0 Å². The first-order valence-electron chi connectivity index (χ1n) is 5.49. The lowest BCUT2D eigenvalue weighted by atomic mass is 10.0. The Morgan fingerprint density at radius 1 is 1.00 bits per heavy atom. The second-order valence-corrected chi connectivity index (χ2v) is 3.97. The first-order valence-corrected chi connectivity index (χ1v) is 5.49. The van der Waals surface area contributed by atoms with Crippen LogP contribution in [-0.4, -0.2) is 12.6 Å². The summed E-state index contributed by atoms with van der Waals surface area (Å²) in [6, 6.07) is 8.71. The highest BCUT2D eigenvalue weighted by atomic mass is 19.4.